The number of amides is 2. The number of hydrogen-bond donors (Lipinski definition) is 1. The Bertz CT molecular complexity index is 1780. The molecule has 40 heavy (non-hydrogen) atoms. The van der Waals surface area contributed by atoms with Crippen molar-refractivity contribution in [2.75, 3.05) is 19.1 Å². The summed E-state index contributed by atoms with van der Waals surface area (Å²) in [4.78, 5) is 32.2. The number of carbonyl (C=O) groups excluding carboxylic acids is 2. The second-order valence-corrected chi connectivity index (χ2v) is 11.8. The number of fused-ring (bicyclic) bond motifs is 2. The molecular formula is C30H29N3O6S. The van der Waals surface area contributed by atoms with Gasteiger partial charge in [0, 0.05) is 35.4 Å². The summed E-state index contributed by atoms with van der Waals surface area (Å²) in [6.45, 7) is 3.81. The molecule has 0 radical (unpaired) electrons. The molecule has 0 aliphatic carbocycles. The van der Waals surface area contributed by atoms with Crippen molar-refractivity contribution >= 4 is 38.4 Å². The highest BCUT2D eigenvalue weighted by Gasteiger charge is 2.35. The number of phenolic OH excluding ortho intramolecular Hbond substituents is 1. The third kappa shape index (κ3) is 4.64. The first kappa shape index (κ1) is 27.1. The zero-order valence-electron chi connectivity index (χ0n) is 22.6. The molecule has 10 heteroatoms. The largest absolute Gasteiger partial charge is 0.505 e. The summed E-state index contributed by atoms with van der Waals surface area (Å²) < 4.78 is 32.3. The fourth-order valence-electron chi connectivity index (χ4n) is 5.22. The van der Waals surface area contributed by atoms with E-state index in [1.807, 2.05) is 13.0 Å². The van der Waals surface area contributed by atoms with Crippen molar-refractivity contribution in [3.05, 3.63) is 94.2 Å². The number of nitrogens with zero attached hydrogens (tertiary/aromatic N) is 3. The van der Waals surface area contributed by atoms with Crippen molar-refractivity contribution in [2.45, 2.75) is 32.6 Å². The number of phenols is 1. The number of anilines is 1. The Balaban J connectivity index is 1.36. The van der Waals surface area contributed by atoms with E-state index in [0.29, 0.717) is 44.8 Å². The van der Waals surface area contributed by atoms with Gasteiger partial charge in [0.2, 0.25) is 15.9 Å². The molecule has 206 valence electrons. The van der Waals surface area contributed by atoms with Gasteiger partial charge >= 0.3 is 0 Å². The van der Waals surface area contributed by atoms with Crippen molar-refractivity contribution in [1.82, 2.24) is 9.29 Å². The maximum Gasteiger partial charge on any atom is 0.259 e. The standard InChI is InChI=1S/C30H29N3O6S/c1-18-14-20(17-40(37,38)32(3)26(34)15-21-8-5-6-10-25(21)39-4)11-12-24(18)33-16-23-27(30(33)36)19(2)22-9-7-13-31-28(22)29(23)35/h5-14,35H,15-17H2,1-4H3. The van der Waals surface area contributed by atoms with Crippen molar-refractivity contribution in [1.29, 1.82) is 0 Å². The summed E-state index contributed by atoms with van der Waals surface area (Å²) in [6, 6.07) is 15.6. The molecule has 3 aromatic carbocycles. The number of hydrogen-bond acceptors (Lipinski definition) is 7. The molecule has 0 saturated heterocycles. The van der Waals surface area contributed by atoms with Crippen LogP contribution in [0.25, 0.3) is 10.9 Å². The van der Waals surface area contributed by atoms with Gasteiger partial charge in [-0.3, -0.25) is 14.6 Å². The van der Waals surface area contributed by atoms with Gasteiger partial charge in [-0.1, -0.05) is 36.4 Å². The number of aromatic hydroxyl groups is 1. The summed E-state index contributed by atoms with van der Waals surface area (Å²) in [7, 11) is -1.22. The number of rotatable bonds is 7. The molecule has 0 spiro atoms. The molecule has 2 heterocycles. The lowest BCUT2D eigenvalue weighted by molar-refractivity contribution is -0.124. The van der Waals surface area contributed by atoms with Crippen LogP contribution in [-0.4, -0.2) is 48.8 Å². The summed E-state index contributed by atoms with van der Waals surface area (Å²) >= 11 is 0. The van der Waals surface area contributed by atoms with Crippen LogP contribution < -0.4 is 9.64 Å². The molecule has 1 aromatic heterocycles. The molecule has 1 aliphatic rings. The van der Waals surface area contributed by atoms with E-state index in [1.165, 1.54) is 14.2 Å². The molecular weight excluding hydrogens is 530 g/mol. The van der Waals surface area contributed by atoms with Gasteiger partial charge in [0.15, 0.2) is 0 Å². The van der Waals surface area contributed by atoms with Crippen molar-refractivity contribution < 1.29 is 27.9 Å². The SMILES string of the molecule is COc1ccccc1CC(=O)N(C)S(=O)(=O)Cc1ccc(N2Cc3c(c(C)c4cccnc4c3O)C2=O)c(C)c1. The lowest BCUT2D eigenvalue weighted by Crippen LogP contribution is -2.35. The third-order valence-corrected chi connectivity index (χ3v) is 9.11. The molecule has 0 atom stereocenters. The molecule has 4 aromatic rings. The molecule has 5 rings (SSSR count). The zero-order chi connectivity index (χ0) is 28.8. The number of benzene rings is 3. The van der Waals surface area contributed by atoms with Crippen LogP contribution in [0.5, 0.6) is 11.5 Å². The van der Waals surface area contributed by atoms with Crippen LogP contribution in [0.1, 0.15) is 38.2 Å². The second-order valence-electron chi connectivity index (χ2n) is 9.84. The molecule has 9 nitrogen and oxygen atoms in total. The van der Waals surface area contributed by atoms with Gasteiger partial charge < -0.3 is 14.7 Å². The highest BCUT2D eigenvalue weighted by atomic mass is 32.2. The minimum atomic E-state index is -3.97. The molecule has 1 N–H and O–H groups in total. The maximum absolute atomic E-state index is 13.5. The zero-order valence-corrected chi connectivity index (χ0v) is 23.4. The van der Waals surface area contributed by atoms with Gasteiger partial charge in [-0.25, -0.2) is 12.7 Å². The monoisotopic (exact) mass is 559 g/mol. The van der Waals surface area contributed by atoms with Crippen LogP contribution in [0.15, 0.2) is 60.8 Å². The van der Waals surface area contributed by atoms with Gasteiger partial charge in [0.25, 0.3) is 5.91 Å². The summed E-state index contributed by atoms with van der Waals surface area (Å²) in [5.41, 5.74) is 4.57. The number of aromatic nitrogens is 1. The number of likely N-dealkylation sites (N-methyl/N-ethyl adjacent to an activating group) is 1. The normalized spacial score (nSPS) is 13.0. The molecule has 0 unspecified atom stereocenters. The van der Waals surface area contributed by atoms with Gasteiger partial charge in [0.1, 0.15) is 17.0 Å². The predicted octanol–water partition coefficient (Wildman–Crippen LogP) is 4.26. The summed E-state index contributed by atoms with van der Waals surface area (Å²) in [5.74, 6) is -0.686. The van der Waals surface area contributed by atoms with E-state index in [2.05, 4.69) is 4.98 Å². The number of carbonyl (C=O) groups is 2. The number of sulfonamides is 1. The van der Waals surface area contributed by atoms with Crippen molar-refractivity contribution in [3.63, 3.8) is 0 Å². The van der Waals surface area contributed by atoms with Gasteiger partial charge in [-0.15, -0.1) is 0 Å². The first-order chi connectivity index (χ1) is 19.0. The van der Waals surface area contributed by atoms with Crippen LogP contribution in [0.4, 0.5) is 5.69 Å². The molecule has 0 saturated carbocycles. The smallest absolute Gasteiger partial charge is 0.259 e. The first-order valence-electron chi connectivity index (χ1n) is 12.6. The van der Waals surface area contributed by atoms with Gasteiger partial charge in [-0.2, -0.15) is 0 Å². The summed E-state index contributed by atoms with van der Waals surface area (Å²) in [6.07, 6.45) is 1.48. The Labute approximate surface area is 232 Å². The fourth-order valence-corrected chi connectivity index (χ4v) is 6.39. The Kier molecular flexibility index (Phi) is 6.97. The minimum absolute atomic E-state index is 0.00626. The number of aryl methyl sites for hydroxylation is 2. The average Bonchev–Trinajstić information content (AvgIpc) is 3.28. The highest BCUT2D eigenvalue weighted by molar-refractivity contribution is 7.88. The van der Waals surface area contributed by atoms with E-state index in [1.54, 1.807) is 66.6 Å². The Morgan fingerprint density at radius 1 is 1.12 bits per heavy atom. The van der Waals surface area contributed by atoms with E-state index < -0.39 is 15.9 Å². The van der Waals surface area contributed by atoms with Crippen LogP contribution in [-0.2, 0) is 33.5 Å². The van der Waals surface area contributed by atoms with Crippen LogP contribution in [0.2, 0.25) is 0 Å². The van der Waals surface area contributed by atoms with E-state index in [4.69, 9.17) is 4.74 Å². The quantitative estimate of drug-likeness (QED) is 0.360. The number of methoxy groups -OCH3 is 1. The van der Waals surface area contributed by atoms with Crippen LogP contribution in [0, 0.1) is 13.8 Å². The van der Waals surface area contributed by atoms with E-state index in [-0.39, 0.29) is 30.4 Å². The van der Waals surface area contributed by atoms with E-state index in [9.17, 15) is 23.1 Å². The third-order valence-electron chi connectivity index (χ3n) is 7.38. The van der Waals surface area contributed by atoms with Crippen LogP contribution in [0.3, 0.4) is 0 Å². The Morgan fingerprint density at radius 2 is 1.88 bits per heavy atom. The second kappa shape index (κ2) is 10.3. The Hall–Kier alpha value is -4.44. The topological polar surface area (TPSA) is 117 Å². The van der Waals surface area contributed by atoms with E-state index in [0.717, 1.165) is 15.3 Å². The molecule has 0 fully saturated rings. The first-order valence-corrected chi connectivity index (χ1v) is 14.3. The van der Waals surface area contributed by atoms with Crippen molar-refractivity contribution in [3.8, 4) is 11.5 Å². The number of para-hydroxylation sites is 1. The molecule has 2 amide bonds. The fraction of sp³-hybridized carbons (Fsp3) is 0.233. The predicted molar refractivity (Wildman–Crippen MR) is 152 cm³/mol. The lowest BCUT2D eigenvalue weighted by atomic mass is 9.98. The van der Waals surface area contributed by atoms with Crippen LogP contribution >= 0.6 is 0 Å². The number of pyridine rings is 1. The highest BCUT2D eigenvalue weighted by Crippen LogP contribution is 2.41. The number of ether oxygens (including phenoxy) is 1. The van der Waals surface area contributed by atoms with E-state index >= 15 is 0 Å². The maximum atomic E-state index is 13.5. The summed E-state index contributed by atoms with van der Waals surface area (Å²) in [5, 5.41) is 11.6. The lowest BCUT2D eigenvalue weighted by Gasteiger charge is -2.21. The average molecular weight is 560 g/mol. The van der Waals surface area contributed by atoms with Crippen molar-refractivity contribution in [2.24, 2.45) is 0 Å². The van der Waals surface area contributed by atoms with Gasteiger partial charge in [-0.05, 0) is 48.7 Å². The Morgan fingerprint density at radius 3 is 2.60 bits per heavy atom. The molecule has 1 aliphatic heterocycles. The van der Waals surface area contributed by atoms with Gasteiger partial charge in [0.05, 0.1) is 31.4 Å². The molecule has 0 bridgehead atoms. The minimum Gasteiger partial charge on any atom is -0.505 e.